The first-order valence-corrected chi connectivity index (χ1v) is 6.25. The normalized spacial score (nSPS) is 13.9. The van der Waals surface area contributed by atoms with Gasteiger partial charge in [-0.25, -0.2) is 4.79 Å². The van der Waals surface area contributed by atoms with Crippen LogP contribution in [0.3, 0.4) is 0 Å². The zero-order chi connectivity index (χ0) is 13.9. The Morgan fingerprint density at radius 1 is 1.41 bits per heavy atom. The summed E-state index contributed by atoms with van der Waals surface area (Å²) >= 11 is 0. The van der Waals surface area contributed by atoms with Crippen molar-refractivity contribution in [1.29, 1.82) is 0 Å². The molecule has 2 amide bonds. The molecular weight excluding hydrogens is 252 g/mol. The maximum atomic E-state index is 11.2. The largest absolute Gasteiger partial charge is 0.444 e. The summed E-state index contributed by atoms with van der Waals surface area (Å²) in [6.45, 7) is 4.78. The van der Waals surface area contributed by atoms with Crippen LogP contribution in [0.1, 0.15) is 20.8 Å². The molecule has 0 aromatic carbocycles. The third-order valence-electron chi connectivity index (χ3n) is 1.41. The Bertz CT molecular complexity index is 397. The fraction of sp³-hybridized carbons (Fsp3) is 0.750. The maximum absolute atomic E-state index is 11.2. The minimum absolute atomic E-state index is 0.801. The van der Waals surface area contributed by atoms with Gasteiger partial charge in [-0.1, -0.05) is 0 Å². The number of primary amides is 1. The molecule has 0 spiro atoms. The number of rotatable bonds is 4. The molecule has 4 N–H and O–H groups in total. The van der Waals surface area contributed by atoms with Crippen molar-refractivity contribution in [3.63, 3.8) is 0 Å². The molecule has 8 nitrogen and oxygen atoms in total. The Hall–Kier alpha value is -1.35. The number of nitrogens with two attached hydrogens (primary N) is 1. The molecule has 0 rings (SSSR count). The summed E-state index contributed by atoms with van der Waals surface area (Å²) in [6, 6.07) is -1.54. The van der Waals surface area contributed by atoms with E-state index in [9.17, 15) is 18.0 Å². The summed E-state index contributed by atoms with van der Waals surface area (Å²) < 4.78 is 34.5. The lowest BCUT2D eigenvalue weighted by molar-refractivity contribution is -0.119. The van der Waals surface area contributed by atoms with E-state index in [1.807, 2.05) is 5.32 Å². The molecule has 1 atom stereocenters. The lowest BCUT2D eigenvalue weighted by Gasteiger charge is -2.21. The summed E-state index contributed by atoms with van der Waals surface area (Å²) in [6.07, 6.45) is -0.995. The van der Waals surface area contributed by atoms with Gasteiger partial charge in [0, 0.05) is 0 Å². The second-order valence-corrected chi connectivity index (χ2v) is 5.85. The summed E-state index contributed by atoms with van der Waals surface area (Å²) in [7, 11) is -4.43. The molecule has 0 aromatic heterocycles. The third-order valence-corrected chi connectivity index (χ3v) is 2.17. The van der Waals surface area contributed by atoms with E-state index in [1.54, 1.807) is 20.8 Å². The molecule has 0 saturated heterocycles. The minimum atomic E-state index is -4.43. The molecule has 0 aliphatic carbocycles. The van der Waals surface area contributed by atoms with Crippen molar-refractivity contribution in [2.75, 3.05) is 5.75 Å². The van der Waals surface area contributed by atoms with E-state index in [0.29, 0.717) is 0 Å². The molecule has 0 fully saturated rings. The highest BCUT2D eigenvalue weighted by Gasteiger charge is 2.26. The van der Waals surface area contributed by atoms with Crippen LogP contribution in [-0.2, 0) is 19.6 Å². The van der Waals surface area contributed by atoms with Crippen molar-refractivity contribution in [3.05, 3.63) is 0 Å². The lowest BCUT2D eigenvalue weighted by Crippen LogP contribution is -2.49. The first kappa shape index (κ1) is 15.7. The van der Waals surface area contributed by atoms with Crippen molar-refractivity contribution >= 4 is 22.1 Å². The fourth-order valence-corrected chi connectivity index (χ4v) is 1.52. The number of nitrogens with one attached hydrogen (secondary N) is 1. The number of ether oxygens (including phenoxy) is 1. The van der Waals surface area contributed by atoms with Crippen LogP contribution in [0.2, 0.25) is 0 Å². The van der Waals surface area contributed by atoms with Crippen LogP contribution in [-0.4, -0.2) is 42.4 Å². The van der Waals surface area contributed by atoms with Crippen molar-refractivity contribution in [2.45, 2.75) is 32.4 Å². The Balaban J connectivity index is 4.58. The molecule has 17 heavy (non-hydrogen) atoms. The highest BCUT2D eigenvalue weighted by molar-refractivity contribution is 7.85. The Labute approximate surface area is 99.2 Å². The van der Waals surface area contributed by atoms with Crippen LogP contribution < -0.4 is 11.1 Å². The van der Waals surface area contributed by atoms with Gasteiger partial charge in [-0.2, -0.15) is 8.42 Å². The predicted octanol–water partition coefficient (Wildman–Crippen LogP) is -0.747. The second kappa shape index (κ2) is 5.32. The maximum Gasteiger partial charge on any atom is 0.408 e. The van der Waals surface area contributed by atoms with Gasteiger partial charge < -0.3 is 15.8 Å². The molecule has 9 heteroatoms. The van der Waals surface area contributed by atoms with Crippen LogP contribution in [0.4, 0.5) is 4.79 Å². The number of hydrogen-bond acceptors (Lipinski definition) is 5. The van der Waals surface area contributed by atoms with E-state index in [2.05, 4.69) is 0 Å². The van der Waals surface area contributed by atoms with Gasteiger partial charge in [0.25, 0.3) is 10.1 Å². The minimum Gasteiger partial charge on any atom is -0.444 e. The Morgan fingerprint density at radius 3 is 2.18 bits per heavy atom. The molecule has 0 unspecified atom stereocenters. The molecule has 0 heterocycles. The monoisotopic (exact) mass is 268 g/mol. The molecule has 0 radical (unpaired) electrons. The van der Waals surface area contributed by atoms with Crippen molar-refractivity contribution < 1.29 is 27.3 Å². The molecule has 0 bridgehead atoms. The van der Waals surface area contributed by atoms with Gasteiger partial charge in [-0.3, -0.25) is 9.35 Å². The highest BCUT2D eigenvalue weighted by atomic mass is 32.2. The molecule has 0 aliphatic rings. The van der Waals surface area contributed by atoms with E-state index in [4.69, 9.17) is 15.0 Å². The van der Waals surface area contributed by atoms with E-state index in [0.717, 1.165) is 0 Å². The molecule has 0 aromatic rings. The molecule has 0 saturated carbocycles. The van der Waals surface area contributed by atoms with E-state index < -0.39 is 39.5 Å². The molecular formula is C8H16N2O6S. The van der Waals surface area contributed by atoms with Gasteiger partial charge in [0.05, 0.1) is 0 Å². The number of carbonyl (C=O) groups excluding carboxylic acids is 2. The van der Waals surface area contributed by atoms with Gasteiger partial charge in [0.1, 0.15) is 17.4 Å². The Kier molecular flexibility index (Phi) is 4.90. The average molecular weight is 268 g/mol. The van der Waals surface area contributed by atoms with E-state index >= 15 is 0 Å². The molecule has 100 valence electrons. The zero-order valence-corrected chi connectivity index (χ0v) is 10.6. The number of amides is 2. The van der Waals surface area contributed by atoms with Crippen molar-refractivity contribution in [1.82, 2.24) is 5.32 Å². The Morgan fingerprint density at radius 2 is 1.88 bits per heavy atom. The molecule has 0 aliphatic heterocycles. The summed E-state index contributed by atoms with van der Waals surface area (Å²) in [5, 5.41) is 1.95. The third kappa shape index (κ3) is 8.46. The lowest BCUT2D eigenvalue weighted by atomic mass is 10.2. The smallest absolute Gasteiger partial charge is 0.408 e. The fourth-order valence-electron chi connectivity index (χ4n) is 0.855. The first-order chi connectivity index (χ1) is 7.41. The topological polar surface area (TPSA) is 136 Å². The van der Waals surface area contributed by atoms with Crippen LogP contribution >= 0.6 is 0 Å². The summed E-state index contributed by atoms with van der Waals surface area (Å²) in [5.41, 5.74) is 4.07. The van der Waals surface area contributed by atoms with Gasteiger partial charge in [0.2, 0.25) is 5.91 Å². The number of alkyl carbamates (subject to hydrolysis) is 1. The van der Waals surface area contributed by atoms with Gasteiger partial charge >= 0.3 is 6.09 Å². The van der Waals surface area contributed by atoms with Gasteiger partial charge in [-0.15, -0.1) is 0 Å². The van der Waals surface area contributed by atoms with Crippen LogP contribution in [0.25, 0.3) is 0 Å². The van der Waals surface area contributed by atoms with Crippen LogP contribution in [0, 0.1) is 0 Å². The predicted molar refractivity (Wildman–Crippen MR) is 58.8 cm³/mol. The zero-order valence-electron chi connectivity index (χ0n) is 9.76. The highest BCUT2D eigenvalue weighted by Crippen LogP contribution is 2.06. The standard InChI is InChI=1S/C8H16N2O6S/c1-8(2,3)16-7(12)10-5(6(9)11)4-17(13,14)15/h5H,4H2,1-3H3,(H2,9,11)(H,10,12)(H,13,14,15)/t5-/m0/s1. The van der Waals surface area contributed by atoms with Crippen molar-refractivity contribution in [2.24, 2.45) is 5.73 Å². The van der Waals surface area contributed by atoms with Crippen LogP contribution in [0.15, 0.2) is 0 Å². The van der Waals surface area contributed by atoms with Gasteiger partial charge in [-0.05, 0) is 20.8 Å². The first-order valence-electron chi connectivity index (χ1n) is 4.65. The number of hydrogen-bond donors (Lipinski definition) is 3. The quantitative estimate of drug-likeness (QED) is 0.574. The summed E-state index contributed by atoms with van der Waals surface area (Å²) in [4.78, 5) is 22.1. The SMILES string of the molecule is CC(C)(C)OC(=O)N[C@@H](CS(=O)(=O)O)C(N)=O. The second-order valence-electron chi connectivity index (χ2n) is 4.35. The number of carbonyl (C=O) groups is 2. The van der Waals surface area contributed by atoms with Crippen molar-refractivity contribution in [3.8, 4) is 0 Å². The summed E-state index contributed by atoms with van der Waals surface area (Å²) in [5.74, 6) is -2.09. The van der Waals surface area contributed by atoms with Crippen LogP contribution in [0.5, 0.6) is 0 Å². The van der Waals surface area contributed by atoms with E-state index in [1.165, 1.54) is 0 Å². The van der Waals surface area contributed by atoms with E-state index in [-0.39, 0.29) is 0 Å². The average Bonchev–Trinajstić information content (AvgIpc) is 1.95. The van der Waals surface area contributed by atoms with Gasteiger partial charge in [0.15, 0.2) is 0 Å².